The van der Waals surface area contributed by atoms with E-state index in [1.165, 1.54) is 0 Å². The fourth-order valence-electron chi connectivity index (χ4n) is 1.96. The zero-order valence-corrected chi connectivity index (χ0v) is 10.2. The molecule has 0 spiro atoms. The molecule has 1 aliphatic rings. The average Bonchev–Trinajstić information content (AvgIpc) is 2.45. The van der Waals surface area contributed by atoms with Gasteiger partial charge in [0.15, 0.2) is 4.77 Å². The molecule has 84 valence electrons. The summed E-state index contributed by atoms with van der Waals surface area (Å²) in [6.07, 6.45) is 3.31. The number of imidazole rings is 1. The minimum absolute atomic E-state index is 0.242. The standard InChI is InChI=1S/C9H14N2O2S2/c1-7-6-11(9(14)10-7)8-2-4-15(12,13)5-3-8/h6,8H,2-5H2,1H3,(H,10,14). The Balaban J connectivity index is 2.21. The van der Waals surface area contributed by atoms with Gasteiger partial charge in [-0.05, 0) is 32.0 Å². The smallest absolute Gasteiger partial charge is 0.177 e. The summed E-state index contributed by atoms with van der Waals surface area (Å²) in [6.45, 7) is 1.95. The zero-order chi connectivity index (χ0) is 11.1. The predicted octanol–water partition coefficient (Wildman–Crippen LogP) is 1.60. The first kappa shape index (κ1) is 10.9. The van der Waals surface area contributed by atoms with Gasteiger partial charge in [-0.25, -0.2) is 8.42 Å². The molecule has 0 radical (unpaired) electrons. The number of aromatic nitrogens is 2. The Morgan fingerprint density at radius 1 is 1.47 bits per heavy atom. The maximum Gasteiger partial charge on any atom is 0.177 e. The molecule has 1 fully saturated rings. The Morgan fingerprint density at radius 3 is 2.53 bits per heavy atom. The summed E-state index contributed by atoms with van der Waals surface area (Å²) in [5, 5.41) is 0. The van der Waals surface area contributed by atoms with E-state index in [1.54, 1.807) is 0 Å². The third-order valence-electron chi connectivity index (χ3n) is 2.79. The topological polar surface area (TPSA) is 54.9 Å². The van der Waals surface area contributed by atoms with Crippen LogP contribution in [0.1, 0.15) is 24.6 Å². The second kappa shape index (κ2) is 3.75. The van der Waals surface area contributed by atoms with Crippen molar-refractivity contribution < 1.29 is 8.42 Å². The Morgan fingerprint density at radius 2 is 2.07 bits per heavy atom. The van der Waals surface area contributed by atoms with E-state index < -0.39 is 9.84 Å². The number of nitrogens with zero attached hydrogens (tertiary/aromatic N) is 1. The van der Waals surface area contributed by atoms with E-state index in [9.17, 15) is 8.42 Å². The number of sulfone groups is 1. The summed E-state index contributed by atoms with van der Waals surface area (Å²) >= 11 is 5.17. The normalized spacial score (nSPS) is 21.7. The molecule has 0 bridgehead atoms. The number of hydrogen-bond donors (Lipinski definition) is 1. The predicted molar refractivity (Wildman–Crippen MR) is 61.3 cm³/mol. The second-order valence-corrected chi connectivity index (χ2v) is 6.72. The van der Waals surface area contributed by atoms with E-state index in [0.717, 1.165) is 5.69 Å². The summed E-state index contributed by atoms with van der Waals surface area (Å²) in [5.41, 5.74) is 1.02. The van der Waals surface area contributed by atoms with Crippen molar-refractivity contribution >= 4 is 22.1 Å². The summed E-state index contributed by atoms with van der Waals surface area (Å²) in [5.74, 6) is 0.563. The number of hydrogen-bond acceptors (Lipinski definition) is 3. The van der Waals surface area contributed by atoms with Crippen LogP contribution in [0.15, 0.2) is 6.20 Å². The van der Waals surface area contributed by atoms with Crippen molar-refractivity contribution in [2.75, 3.05) is 11.5 Å². The molecule has 1 aromatic heterocycles. The van der Waals surface area contributed by atoms with Crippen LogP contribution in [-0.2, 0) is 9.84 Å². The first-order valence-electron chi connectivity index (χ1n) is 4.96. The van der Waals surface area contributed by atoms with Gasteiger partial charge in [-0.3, -0.25) is 0 Å². The Hall–Kier alpha value is -0.620. The first-order chi connectivity index (χ1) is 6.98. The van der Waals surface area contributed by atoms with E-state index in [1.807, 2.05) is 17.7 Å². The van der Waals surface area contributed by atoms with Crippen LogP contribution in [0.4, 0.5) is 0 Å². The highest BCUT2D eigenvalue weighted by Gasteiger charge is 2.24. The van der Waals surface area contributed by atoms with Crippen LogP contribution in [0, 0.1) is 11.7 Å². The summed E-state index contributed by atoms with van der Waals surface area (Å²) in [7, 11) is -2.79. The van der Waals surface area contributed by atoms with Crippen LogP contribution in [0.3, 0.4) is 0 Å². The Bertz CT molecular complexity index is 498. The summed E-state index contributed by atoms with van der Waals surface area (Å²) in [4.78, 5) is 3.05. The molecule has 6 heteroatoms. The number of aryl methyl sites for hydroxylation is 1. The van der Waals surface area contributed by atoms with Gasteiger partial charge in [0, 0.05) is 17.9 Å². The number of rotatable bonds is 1. The highest BCUT2D eigenvalue weighted by molar-refractivity contribution is 7.91. The second-order valence-electron chi connectivity index (χ2n) is 4.03. The first-order valence-corrected chi connectivity index (χ1v) is 7.19. The number of aromatic amines is 1. The highest BCUT2D eigenvalue weighted by Crippen LogP contribution is 2.24. The van der Waals surface area contributed by atoms with E-state index in [0.29, 0.717) is 17.6 Å². The molecule has 0 saturated carbocycles. The summed E-state index contributed by atoms with van der Waals surface area (Å²) in [6, 6.07) is 0.242. The average molecular weight is 246 g/mol. The van der Waals surface area contributed by atoms with Gasteiger partial charge in [-0.2, -0.15) is 0 Å². The van der Waals surface area contributed by atoms with Crippen molar-refractivity contribution in [3.8, 4) is 0 Å². The maximum atomic E-state index is 11.3. The number of H-pyrrole nitrogens is 1. The van der Waals surface area contributed by atoms with Crippen molar-refractivity contribution in [1.29, 1.82) is 0 Å². The number of nitrogens with one attached hydrogen (secondary N) is 1. The molecule has 1 N–H and O–H groups in total. The molecule has 2 rings (SSSR count). The van der Waals surface area contributed by atoms with Crippen molar-refractivity contribution in [3.05, 3.63) is 16.7 Å². The van der Waals surface area contributed by atoms with Crippen molar-refractivity contribution in [1.82, 2.24) is 9.55 Å². The molecule has 0 aromatic carbocycles. The van der Waals surface area contributed by atoms with E-state index >= 15 is 0 Å². The molecular formula is C9H14N2O2S2. The molecule has 15 heavy (non-hydrogen) atoms. The van der Waals surface area contributed by atoms with Gasteiger partial charge < -0.3 is 9.55 Å². The lowest BCUT2D eigenvalue weighted by molar-refractivity contribution is 0.445. The highest BCUT2D eigenvalue weighted by atomic mass is 32.2. The molecule has 1 aliphatic heterocycles. The minimum atomic E-state index is -2.79. The van der Waals surface area contributed by atoms with Crippen LogP contribution >= 0.6 is 12.2 Å². The molecule has 1 saturated heterocycles. The van der Waals surface area contributed by atoms with Gasteiger partial charge >= 0.3 is 0 Å². The largest absolute Gasteiger partial charge is 0.335 e. The molecule has 0 unspecified atom stereocenters. The fraction of sp³-hybridized carbons (Fsp3) is 0.667. The van der Waals surface area contributed by atoms with Gasteiger partial charge in [-0.1, -0.05) is 0 Å². The van der Waals surface area contributed by atoms with Gasteiger partial charge in [0.1, 0.15) is 9.84 Å². The quantitative estimate of drug-likeness (QED) is 0.766. The van der Waals surface area contributed by atoms with Crippen molar-refractivity contribution in [2.45, 2.75) is 25.8 Å². The van der Waals surface area contributed by atoms with E-state index in [-0.39, 0.29) is 17.5 Å². The monoisotopic (exact) mass is 246 g/mol. The van der Waals surface area contributed by atoms with Crippen molar-refractivity contribution in [2.24, 2.45) is 0 Å². The van der Waals surface area contributed by atoms with Gasteiger partial charge in [-0.15, -0.1) is 0 Å². The molecule has 0 atom stereocenters. The van der Waals surface area contributed by atoms with Crippen LogP contribution in [0.5, 0.6) is 0 Å². The maximum absolute atomic E-state index is 11.3. The minimum Gasteiger partial charge on any atom is -0.335 e. The molecule has 2 heterocycles. The SMILES string of the molecule is Cc1cn(C2CCS(=O)(=O)CC2)c(=S)[nH]1. The molecule has 1 aromatic rings. The van der Waals surface area contributed by atoms with Gasteiger partial charge in [0.2, 0.25) is 0 Å². The lowest BCUT2D eigenvalue weighted by Crippen LogP contribution is -2.25. The Kier molecular flexibility index (Phi) is 2.72. The lowest BCUT2D eigenvalue weighted by Gasteiger charge is -2.22. The zero-order valence-electron chi connectivity index (χ0n) is 8.56. The van der Waals surface area contributed by atoms with Crippen molar-refractivity contribution in [3.63, 3.8) is 0 Å². The van der Waals surface area contributed by atoms with Gasteiger partial charge in [0.25, 0.3) is 0 Å². The molecule has 0 aliphatic carbocycles. The molecular weight excluding hydrogens is 232 g/mol. The Labute approximate surface area is 94.2 Å². The third-order valence-corrected chi connectivity index (χ3v) is 4.82. The van der Waals surface area contributed by atoms with Crippen LogP contribution in [0.25, 0.3) is 0 Å². The van der Waals surface area contributed by atoms with Crippen LogP contribution in [-0.4, -0.2) is 29.5 Å². The lowest BCUT2D eigenvalue weighted by atomic mass is 10.1. The van der Waals surface area contributed by atoms with E-state index in [4.69, 9.17) is 12.2 Å². The van der Waals surface area contributed by atoms with Gasteiger partial charge in [0.05, 0.1) is 11.5 Å². The summed E-state index contributed by atoms with van der Waals surface area (Å²) < 4.78 is 25.2. The fourth-order valence-corrected chi connectivity index (χ4v) is 3.79. The van der Waals surface area contributed by atoms with E-state index in [2.05, 4.69) is 4.98 Å². The van der Waals surface area contributed by atoms with Crippen LogP contribution in [0.2, 0.25) is 0 Å². The molecule has 0 amide bonds. The third kappa shape index (κ3) is 2.31. The van der Waals surface area contributed by atoms with Crippen LogP contribution < -0.4 is 0 Å². The molecule has 4 nitrogen and oxygen atoms in total.